The third-order valence-corrected chi connectivity index (χ3v) is 9.42. The molecular formula is C23H19ClN6O4S2. The number of sulfonamides is 1. The number of nitroso groups, excluding NO2 is 1. The number of aromatic nitrogens is 3. The first-order valence-electron chi connectivity index (χ1n) is 10.9. The number of carbonyl (C=O) groups excluding carboxylic acids is 1. The van der Waals surface area contributed by atoms with Gasteiger partial charge in [-0.15, -0.1) is 11.3 Å². The molecule has 1 amide bonds. The minimum absolute atomic E-state index is 0.0522. The summed E-state index contributed by atoms with van der Waals surface area (Å²) in [5.41, 5.74) is 1.26. The summed E-state index contributed by atoms with van der Waals surface area (Å²) < 4.78 is 28.8. The van der Waals surface area contributed by atoms with Crippen LogP contribution in [0.5, 0.6) is 0 Å². The van der Waals surface area contributed by atoms with Crippen molar-refractivity contribution in [3.63, 3.8) is 0 Å². The molecule has 0 unspecified atom stereocenters. The van der Waals surface area contributed by atoms with Crippen molar-refractivity contribution in [2.75, 3.05) is 26.2 Å². The Morgan fingerprint density at radius 3 is 2.53 bits per heavy atom. The van der Waals surface area contributed by atoms with Gasteiger partial charge in [-0.05, 0) is 35.7 Å². The summed E-state index contributed by atoms with van der Waals surface area (Å²) in [6, 6.07) is 12.0. The van der Waals surface area contributed by atoms with Crippen molar-refractivity contribution in [1.82, 2.24) is 24.2 Å². The molecule has 10 nitrogen and oxygen atoms in total. The molecule has 0 saturated carbocycles. The summed E-state index contributed by atoms with van der Waals surface area (Å²) in [5, 5.41) is 4.21. The number of nitrogens with zero attached hydrogens (tertiary/aromatic N) is 6. The second-order valence-electron chi connectivity index (χ2n) is 8.04. The Labute approximate surface area is 215 Å². The average molecular weight is 543 g/mol. The van der Waals surface area contributed by atoms with Gasteiger partial charge in [0.05, 0.1) is 11.3 Å². The molecule has 4 aromatic rings. The highest BCUT2D eigenvalue weighted by Crippen LogP contribution is 2.33. The van der Waals surface area contributed by atoms with E-state index in [4.69, 9.17) is 11.6 Å². The highest BCUT2D eigenvalue weighted by molar-refractivity contribution is 7.91. The van der Waals surface area contributed by atoms with E-state index < -0.39 is 10.0 Å². The molecule has 0 radical (unpaired) electrons. The van der Waals surface area contributed by atoms with Gasteiger partial charge < -0.3 is 4.90 Å². The number of thiophene rings is 1. The largest absolute Gasteiger partial charge is 0.336 e. The van der Waals surface area contributed by atoms with Gasteiger partial charge >= 0.3 is 0 Å². The van der Waals surface area contributed by atoms with Gasteiger partial charge in [-0.2, -0.15) is 9.21 Å². The molecule has 0 N–H and O–H groups in total. The lowest BCUT2D eigenvalue weighted by Crippen LogP contribution is -2.50. The lowest BCUT2D eigenvalue weighted by molar-refractivity contribution is 0.0697. The van der Waals surface area contributed by atoms with Crippen LogP contribution in [-0.4, -0.2) is 64.7 Å². The Morgan fingerprint density at radius 2 is 1.81 bits per heavy atom. The summed E-state index contributed by atoms with van der Waals surface area (Å²) in [6.45, 7) is 0.814. The van der Waals surface area contributed by atoms with Gasteiger partial charge in [-0.3, -0.25) is 4.79 Å². The van der Waals surface area contributed by atoms with Crippen LogP contribution in [0.3, 0.4) is 0 Å². The van der Waals surface area contributed by atoms with Crippen LogP contribution < -0.4 is 0 Å². The van der Waals surface area contributed by atoms with Gasteiger partial charge in [0, 0.05) is 48.3 Å². The maximum atomic E-state index is 13.2. The summed E-state index contributed by atoms with van der Waals surface area (Å²) in [5.74, 6) is 0.0433. The van der Waals surface area contributed by atoms with Gasteiger partial charge in [0.2, 0.25) is 0 Å². The SMILES string of the molecule is O=NCc1cccc(-c2ncc(C(=O)N3CCN(S(=O)(=O)c4cc5ccc(Cl)cc5s4)CC3)cn2)n1. The van der Waals surface area contributed by atoms with Gasteiger partial charge in [-0.25, -0.2) is 23.4 Å². The molecule has 5 rings (SSSR count). The number of piperazine rings is 1. The third kappa shape index (κ3) is 4.85. The highest BCUT2D eigenvalue weighted by atomic mass is 35.5. The molecular weight excluding hydrogens is 524 g/mol. The van der Waals surface area contributed by atoms with E-state index in [9.17, 15) is 18.1 Å². The quantitative estimate of drug-likeness (QED) is 0.339. The normalized spacial score (nSPS) is 14.8. The number of rotatable bonds is 6. The maximum absolute atomic E-state index is 13.2. The van der Waals surface area contributed by atoms with Crippen molar-refractivity contribution in [3.05, 3.63) is 76.0 Å². The highest BCUT2D eigenvalue weighted by Gasteiger charge is 2.32. The van der Waals surface area contributed by atoms with E-state index in [1.807, 2.05) is 0 Å². The second kappa shape index (κ2) is 9.97. The Balaban J connectivity index is 1.25. The van der Waals surface area contributed by atoms with Crippen molar-refractivity contribution in [2.45, 2.75) is 10.8 Å². The van der Waals surface area contributed by atoms with Crippen molar-refractivity contribution >= 4 is 49.0 Å². The molecule has 1 fully saturated rings. The summed E-state index contributed by atoms with van der Waals surface area (Å²) in [6.07, 6.45) is 2.84. The van der Waals surface area contributed by atoms with Crippen LogP contribution in [-0.2, 0) is 16.6 Å². The Hall–Kier alpha value is -3.32. The van der Waals surface area contributed by atoms with E-state index >= 15 is 0 Å². The molecule has 184 valence electrons. The molecule has 0 bridgehead atoms. The average Bonchev–Trinajstić information content (AvgIpc) is 3.33. The van der Waals surface area contributed by atoms with Gasteiger partial charge in [-0.1, -0.05) is 28.9 Å². The molecule has 3 aromatic heterocycles. The maximum Gasteiger partial charge on any atom is 0.257 e. The first-order valence-corrected chi connectivity index (χ1v) is 13.5. The van der Waals surface area contributed by atoms with Crippen LogP contribution in [0.4, 0.5) is 0 Å². The van der Waals surface area contributed by atoms with Crippen molar-refractivity contribution in [3.8, 4) is 11.5 Å². The molecule has 1 aliphatic rings. The predicted octanol–water partition coefficient (Wildman–Crippen LogP) is 3.82. The number of halogens is 1. The Morgan fingerprint density at radius 1 is 1.06 bits per heavy atom. The zero-order chi connectivity index (χ0) is 25.3. The van der Waals surface area contributed by atoms with E-state index in [0.29, 0.717) is 27.8 Å². The predicted molar refractivity (Wildman–Crippen MR) is 136 cm³/mol. The van der Waals surface area contributed by atoms with Crippen molar-refractivity contribution in [2.24, 2.45) is 5.18 Å². The van der Waals surface area contributed by atoms with Crippen LogP contribution >= 0.6 is 22.9 Å². The van der Waals surface area contributed by atoms with E-state index in [1.165, 1.54) is 28.0 Å². The molecule has 36 heavy (non-hydrogen) atoms. The molecule has 1 aromatic carbocycles. The number of carbonyl (C=O) groups is 1. The standard InChI is InChI=1S/C23H19ClN6O4S2/c24-17-5-4-15-10-21(35-20(15)11-17)36(33,34)30-8-6-29(7-9-30)23(31)16-12-25-22(26-13-16)19-3-1-2-18(28-19)14-27-32/h1-5,10-13H,6-9,14H2. The van der Waals surface area contributed by atoms with E-state index in [0.717, 1.165) is 10.1 Å². The van der Waals surface area contributed by atoms with Crippen LogP contribution in [0.2, 0.25) is 5.02 Å². The lowest BCUT2D eigenvalue weighted by atomic mass is 10.2. The zero-order valence-corrected chi connectivity index (χ0v) is 21.1. The third-order valence-electron chi connectivity index (χ3n) is 5.74. The molecule has 1 saturated heterocycles. The van der Waals surface area contributed by atoms with Crippen molar-refractivity contribution in [1.29, 1.82) is 0 Å². The molecule has 0 atom stereocenters. The minimum atomic E-state index is -3.68. The fraction of sp³-hybridized carbons (Fsp3) is 0.217. The van der Waals surface area contributed by atoms with Crippen LogP contribution in [0, 0.1) is 4.91 Å². The number of hydrogen-bond donors (Lipinski definition) is 0. The number of fused-ring (bicyclic) bond motifs is 1. The Bertz CT molecular complexity index is 1550. The molecule has 13 heteroatoms. The van der Waals surface area contributed by atoms with E-state index in [2.05, 4.69) is 20.1 Å². The zero-order valence-electron chi connectivity index (χ0n) is 18.7. The Kier molecular flexibility index (Phi) is 6.75. The summed E-state index contributed by atoms with van der Waals surface area (Å²) in [7, 11) is -3.68. The second-order valence-corrected chi connectivity index (χ2v) is 11.7. The number of amides is 1. The van der Waals surface area contributed by atoms with Gasteiger partial charge in [0.25, 0.3) is 15.9 Å². The van der Waals surface area contributed by atoms with Crippen LogP contribution in [0.25, 0.3) is 21.6 Å². The minimum Gasteiger partial charge on any atom is -0.336 e. The van der Waals surface area contributed by atoms with E-state index in [-0.39, 0.29) is 42.8 Å². The molecule has 0 aliphatic carbocycles. The monoisotopic (exact) mass is 542 g/mol. The van der Waals surface area contributed by atoms with E-state index in [1.54, 1.807) is 47.4 Å². The fourth-order valence-corrected chi connectivity index (χ4v) is 7.13. The summed E-state index contributed by atoms with van der Waals surface area (Å²) in [4.78, 5) is 37.8. The molecule has 4 heterocycles. The number of benzene rings is 1. The first kappa shape index (κ1) is 24.4. The van der Waals surface area contributed by atoms with Crippen LogP contribution in [0.15, 0.2) is 64.2 Å². The first-order chi connectivity index (χ1) is 17.3. The van der Waals surface area contributed by atoms with Crippen LogP contribution in [0.1, 0.15) is 16.1 Å². The topological polar surface area (TPSA) is 126 Å². The smallest absolute Gasteiger partial charge is 0.257 e. The lowest BCUT2D eigenvalue weighted by Gasteiger charge is -2.33. The fourth-order valence-electron chi connectivity index (χ4n) is 3.88. The molecule has 0 spiro atoms. The van der Waals surface area contributed by atoms with Crippen molar-refractivity contribution < 1.29 is 13.2 Å². The number of hydrogen-bond acceptors (Lipinski definition) is 9. The molecule has 1 aliphatic heterocycles. The van der Waals surface area contributed by atoms with Gasteiger partial charge in [0.1, 0.15) is 16.4 Å². The number of pyridine rings is 1. The van der Waals surface area contributed by atoms with Gasteiger partial charge in [0.15, 0.2) is 5.82 Å². The summed E-state index contributed by atoms with van der Waals surface area (Å²) >= 11 is 7.21.